The number of carbonyl (C=O) groups excluding carboxylic acids is 1. The van der Waals surface area contributed by atoms with Crippen molar-refractivity contribution in [1.82, 2.24) is 10.2 Å². The molecule has 25 heavy (non-hydrogen) atoms. The second-order valence-corrected chi connectivity index (χ2v) is 7.12. The maximum absolute atomic E-state index is 12.1. The Morgan fingerprint density at radius 1 is 1.00 bits per heavy atom. The molecular weight excluding hydrogens is 381 g/mol. The largest absolute Gasteiger partial charge is 0.309 e. The van der Waals surface area contributed by atoms with E-state index in [1.165, 1.54) is 0 Å². The van der Waals surface area contributed by atoms with Gasteiger partial charge in [0.2, 0.25) is 5.91 Å². The molecular formula is C18H12Cl3N3O. The summed E-state index contributed by atoms with van der Waals surface area (Å²) in [5.74, 6) is 0.216. The first-order valence-corrected chi connectivity index (χ1v) is 8.75. The zero-order valence-corrected chi connectivity index (χ0v) is 15.1. The molecule has 2 N–H and O–H groups in total. The van der Waals surface area contributed by atoms with Crippen LogP contribution >= 0.6 is 34.8 Å². The van der Waals surface area contributed by atoms with E-state index in [1.54, 1.807) is 12.1 Å². The Hall–Kier alpha value is -2.01. The van der Waals surface area contributed by atoms with Gasteiger partial charge in [-0.3, -0.25) is 9.89 Å². The van der Waals surface area contributed by atoms with Crippen molar-refractivity contribution in [2.24, 2.45) is 0 Å². The highest BCUT2D eigenvalue weighted by Gasteiger charge is 2.33. The minimum absolute atomic E-state index is 0.0994. The highest BCUT2D eigenvalue weighted by Crippen LogP contribution is 2.44. The lowest BCUT2D eigenvalue weighted by atomic mass is 9.84. The number of fused-ring (bicyclic) bond motifs is 1. The monoisotopic (exact) mass is 391 g/mol. The minimum Gasteiger partial charge on any atom is -0.309 e. The van der Waals surface area contributed by atoms with Crippen LogP contribution < -0.4 is 5.32 Å². The van der Waals surface area contributed by atoms with Gasteiger partial charge in [0.05, 0.1) is 5.69 Å². The molecule has 0 saturated heterocycles. The van der Waals surface area contributed by atoms with Crippen molar-refractivity contribution < 1.29 is 4.79 Å². The SMILES string of the molecule is O=C1CC(c2ccc(Cl)cc2Cl)c2c(n[nH]c2-c2ccc(Cl)cc2)N1. The Bertz CT molecular complexity index is 966. The number of hydrogen-bond acceptors (Lipinski definition) is 2. The first-order chi connectivity index (χ1) is 12.0. The molecule has 4 nitrogen and oxygen atoms in total. The number of rotatable bonds is 2. The lowest BCUT2D eigenvalue weighted by Crippen LogP contribution is -2.23. The first kappa shape index (κ1) is 16.5. The van der Waals surface area contributed by atoms with E-state index in [4.69, 9.17) is 34.8 Å². The number of halogens is 3. The van der Waals surface area contributed by atoms with Gasteiger partial charge in [-0.25, -0.2) is 0 Å². The number of aromatic nitrogens is 2. The first-order valence-electron chi connectivity index (χ1n) is 7.62. The van der Waals surface area contributed by atoms with Gasteiger partial charge in [0.15, 0.2) is 5.82 Å². The molecule has 0 aliphatic carbocycles. The topological polar surface area (TPSA) is 57.8 Å². The highest BCUT2D eigenvalue weighted by atomic mass is 35.5. The summed E-state index contributed by atoms with van der Waals surface area (Å²) in [5, 5.41) is 11.9. The number of anilines is 1. The number of benzene rings is 2. The maximum atomic E-state index is 12.1. The van der Waals surface area contributed by atoms with Crippen molar-refractivity contribution in [1.29, 1.82) is 0 Å². The zero-order valence-electron chi connectivity index (χ0n) is 12.8. The number of amides is 1. The Labute approximate surface area is 159 Å². The second kappa shape index (κ2) is 6.37. The zero-order chi connectivity index (χ0) is 17.6. The number of nitrogens with one attached hydrogen (secondary N) is 2. The van der Waals surface area contributed by atoms with Gasteiger partial charge in [0, 0.05) is 38.5 Å². The summed E-state index contributed by atoms with van der Waals surface area (Å²) in [6, 6.07) is 12.8. The number of carbonyl (C=O) groups is 1. The third-order valence-electron chi connectivity index (χ3n) is 4.27. The second-order valence-electron chi connectivity index (χ2n) is 5.84. The molecule has 3 aromatic rings. The summed E-state index contributed by atoms with van der Waals surface area (Å²) < 4.78 is 0. The molecule has 1 aliphatic rings. The van der Waals surface area contributed by atoms with E-state index in [0.717, 1.165) is 22.4 Å². The molecule has 0 fully saturated rings. The predicted molar refractivity (Wildman–Crippen MR) is 101 cm³/mol. The van der Waals surface area contributed by atoms with E-state index in [0.29, 0.717) is 20.9 Å². The molecule has 1 atom stereocenters. The van der Waals surface area contributed by atoms with Gasteiger partial charge in [0.1, 0.15) is 0 Å². The van der Waals surface area contributed by atoms with E-state index in [2.05, 4.69) is 15.5 Å². The Morgan fingerprint density at radius 2 is 1.72 bits per heavy atom. The summed E-state index contributed by atoms with van der Waals surface area (Å²) >= 11 is 18.4. The Kier molecular flexibility index (Phi) is 4.20. The van der Waals surface area contributed by atoms with Crippen molar-refractivity contribution in [3.63, 3.8) is 0 Å². The van der Waals surface area contributed by atoms with Crippen LogP contribution in [-0.2, 0) is 4.79 Å². The maximum Gasteiger partial charge on any atom is 0.226 e. The number of aromatic amines is 1. The molecule has 0 radical (unpaired) electrons. The normalized spacial score (nSPS) is 16.4. The lowest BCUT2D eigenvalue weighted by molar-refractivity contribution is -0.116. The van der Waals surface area contributed by atoms with E-state index in [-0.39, 0.29) is 18.2 Å². The number of hydrogen-bond donors (Lipinski definition) is 2. The van der Waals surface area contributed by atoms with Gasteiger partial charge in [-0.2, -0.15) is 5.10 Å². The predicted octanol–water partition coefficient (Wildman–Crippen LogP) is 5.51. The van der Waals surface area contributed by atoms with Gasteiger partial charge in [-0.1, -0.05) is 53.0 Å². The van der Waals surface area contributed by atoms with Crippen molar-refractivity contribution >= 4 is 46.5 Å². The Morgan fingerprint density at radius 3 is 2.44 bits per heavy atom. The average molecular weight is 393 g/mol. The lowest BCUT2D eigenvalue weighted by Gasteiger charge is -2.24. The van der Waals surface area contributed by atoms with E-state index in [1.807, 2.05) is 30.3 Å². The summed E-state index contributed by atoms with van der Waals surface area (Å²) in [6.07, 6.45) is 0.286. The third kappa shape index (κ3) is 3.01. The fraction of sp³-hybridized carbons (Fsp3) is 0.111. The van der Waals surface area contributed by atoms with Gasteiger partial charge in [-0.15, -0.1) is 0 Å². The molecule has 0 bridgehead atoms. The van der Waals surface area contributed by atoms with Crippen LogP contribution in [0.25, 0.3) is 11.3 Å². The molecule has 4 rings (SSSR count). The molecule has 1 unspecified atom stereocenters. The molecule has 1 aliphatic heterocycles. The van der Waals surface area contributed by atoms with Crippen molar-refractivity contribution in [2.75, 3.05) is 5.32 Å². The van der Waals surface area contributed by atoms with Crippen LogP contribution in [0, 0.1) is 0 Å². The summed E-state index contributed by atoms with van der Waals surface area (Å²) in [7, 11) is 0. The summed E-state index contributed by atoms with van der Waals surface area (Å²) in [4.78, 5) is 12.1. The number of H-pyrrole nitrogens is 1. The molecule has 1 aromatic heterocycles. The molecule has 2 aromatic carbocycles. The molecule has 0 saturated carbocycles. The van der Waals surface area contributed by atoms with Crippen molar-refractivity contribution in [2.45, 2.75) is 12.3 Å². The molecule has 7 heteroatoms. The average Bonchev–Trinajstić information content (AvgIpc) is 2.99. The van der Waals surface area contributed by atoms with E-state index >= 15 is 0 Å². The van der Waals surface area contributed by atoms with Crippen molar-refractivity contribution in [3.05, 3.63) is 68.7 Å². The van der Waals surface area contributed by atoms with Gasteiger partial charge >= 0.3 is 0 Å². The quantitative estimate of drug-likeness (QED) is 0.604. The van der Waals surface area contributed by atoms with E-state index in [9.17, 15) is 4.79 Å². The van der Waals surface area contributed by atoms with Crippen LogP contribution in [-0.4, -0.2) is 16.1 Å². The van der Waals surface area contributed by atoms with Crippen LogP contribution in [0.5, 0.6) is 0 Å². The van der Waals surface area contributed by atoms with Gasteiger partial charge in [0.25, 0.3) is 0 Å². The van der Waals surface area contributed by atoms with Crippen LogP contribution in [0.15, 0.2) is 42.5 Å². The third-order valence-corrected chi connectivity index (χ3v) is 5.08. The summed E-state index contributed by atoms with van der Waals surface area (Å²) in [5.41, 5.74) is 3.52. The van der Waals surface area contributed by atoms with Crippen LogP contribution in [0.1, 0.15) is 23.5 Å². The highest BCUT2D eigenvalue weighted by molar-refractivity contribution is 6.35. The molecule has 1 amide bonds. The van der Waals surface area contributed by atoms with Crippen LogP contribution in [0.3, 0.4) is 0 Å². The fourth-order valence-corrected chi connectivity index (χ4v) is 3.81. The Balaban J connectivity index is 1.88. The van der Waals surface area contributed by atoms with Gasteiger partial charge < -0.3 is 5.32 Å². The summed E-state index contributed by atoms with van der Waals surface area (Å²) in [6.45, 7) is 0. The van der Waals surface area contributed by atoms with Crippen LogP contribution in [0.2, 0.25) is 15.1 Å². The van der Waals surface area contributed by atoms with Crippen LogP contribution in [0.4, 0.5) is 5.82 Å². The van der Waals surface area contributed by atoms with Crippen molar-refractivity contribution in [3.8, 4) is 11.3 Å². The standard InChI is InChI=1S/C18H12Cl3N3O/c19-10-3-1-9(2-4-10)17-16-13(8-15(25)22-18(16)24-23-17)12-6-5-11(20)7-14(12)21/h1-7,13H,8H2,(H2,22,23,24,25). The molecule has 126 valence electrons. The molecule has 2 heterocycles. The smallest absolute Gasteiger partial charge is 0.226 e. The molecule has 0 spiro atoms. The number of nitrogens with zero attached hydrogens (tertiary/aromatic N) is 1. The van der Waals surface area contributed by atoms with E-state index < -0.39 is 0 Å². The fourth-order valence-electron chi connectivity index (χ4n) is 3.14. The van der Waals surface area contributed by atoms with Gasteiger partial charge in [-0.05, 0) is 29.8 Å². The minimum atomic E-state index is -0.210.